The van der Waals surface area contributed by atoms with E-state index in [1.54, 1.807) is 75.0 Å². The summed E-state index contributed by atoms with van der Waals surface area (Å²) in [5.41, 5.74) is 2.59. The van der Waals surface area contributed by atoms with Crippen molar-refractivity contribution in [3.05, 3.63) is 107 Å². The Morgan fingerprint density at radius 1 is 0.556 bits per heavy atom. The molecule has 6 rings (SSSR count). The average molecular weight is 476 g/mol. The Morgan fingerprint density at radius 2 is 0.889 bits per heavy atom. The minimum absolute atomic E-state index is 0.287. The smallest absolute Gasteiger partial charge is 0.261 e. The SMILES string of the molecule is C[C@@H](c1cccnc1)N1C(=O)c2ccc3c4c(ccc(c24)C1=O)C(=O)N([C@@H](C)c1cccnc1)C3=O. The third-order valence-electron chi connectivity index (χ3n) is 7.07. The van der Waals surface area contributed by atoms with Gasteiger partial charge in [-0.15, -0.1) is 0 Å². The molecule has 0 bridgehead atoms. The fourth-order valence-electron chi connectivity index (χ4n) is 5.16. The van der Waals surface area contributed by atoms with E-state index in [1.807, 2.05) is 12.1 Å². The normalized spacial score (nSPS) is 16.5. The van der Waals surface area contributed by atoms with Crippen molar-refractivity contribution < 1.29 is 19.2 Å². The molecule has 0 N–H and O–H groups in total. The molecule has 8 nitrogen and oxygen atoms in total. The largest absolute Gasteiger partial charge is 0.269 e. The van der Waals surface area contributed by atoms with Gasteiger partial charge in [0.2, 0.25) is 0 Å². The summed E-state index contributed by atoms with van der Waals surface area (Å²) in [7, 11) is 0. The van der Waals surface area contributed by atoms with Crippen molar-refractivity contribution in [2.45, 2.75) is 25.9 Å². The highest BCUT2D eigenvalue weighted by Crippen LogP contribution is 2.41. The molecule has 2 aromatic heterocycles. The lowest BCUT2D eigenvalue weighted by molar-refractivity contribution is 0.0527. The second kappa shape index (κ2) is 7.91. The van der Waals surface area contributed by atoms with Crippen molar-refractivity contribution >= 4 is 34.4 Å². The van der Waals surface area contributed by atoms with Crippen LogP contribution in [0.4, 0.5) is 0 Å². The van der Waals surface area contributed by atoms with Gasteiger partial charge in [-0.3, -0.25) is 38.9 Å². The fraction of sp³-hybridized carbons (Fsp3) is 0.143. The maximum Gasteiger partial charge on any atom is 0.261 e. The molecule has 36 heavy (non-hydrogen) atoms. The van der Waals surface area contributed by atoms with Crippen LogP contribution >= 0.6 is 0 Å². The van der Waals surface area contributed by atoms with E-state index in [2.05, 4.69) is 9.97 Å². The van der Waals surface area contributed by atoms with E-state index in [1.165, 1.54) is 9.80 Å². The molecule has 0 spiro atoms. The summed E-state index contributed by atoms with van der Waals surface area (Å²) in [6.45, 7) is 3.54. The molecule has 0 saturated carbocycles. The zero-order valence-corrected chi connectivity index (χ0v) is 19.5. The van der Waals surface area contributed by atoms with E-state index < -0.39 is 35.7 Å². The lowest BCUT2D eigenvalue weighted by atomic mass is 9.85. The lowest BCUT2D eigenvalue weighted by Gasteiger charge is -2.35. The first-order chi connectivity index (χ1) is 17.4. The highest BCUT2D eigenvalue weighted by Gasteiger charge is 2.42. The number of carbonyl (C=O) groups excluding carboxylic acids is 4. The van der Waals surface area contributed by atoms with Crippen molar-refractivity contribution in [2.75, 3.05) is 0 Å². The monoisotopic (exact) mass is 476 g/mol. The van der Waals surface area contributed by atoms with Gasteiger partial charge in [0.05, 0.1) is 12.1 Å². The molecule has 2 aromatic carbocycles. The molecule has 2 aliphatic rings. The van der Waals surface area contributed by atoms with Crippen LogP contribution in [0.1, 0.15) is 78.5 Å². The van der Waals surface area contributed by atoms with E-state index in [9.17, 15) is 19.2 Å². The van der Waals surface area contributed by atoms with E-state index in [4.69, 9.17) is 0 Å². The first kappa shape index (κ1) is 21.8. The summed E-state index contributed by atoms with van der Waals surface area (Å²) in [4.78, 5) is 64.9. The van der Waals surface area contributed by atoms with Gasteiger partial charge >= 0.3 is 0 Å². The van der Waals surface area contributed by atoms with Crippen LogP contribution in [-0.2, 0) is 0 Å². The number of hydrogen-bond acceptors (Lipinski definition) is 6. The molecule has 0 aliphatic carbocycles. The highest BCUT2D eigenvalue weighted by molar-refractivity contribution is 6.33. The van der Waals surface area contributed by atoms with Crippen LogP contribution in [0, 0.1) is 0 Å². The van der Waals surface area contributed by atoms with Gasteiger partial charge in [-0.1, -0.05) is 12.1 Å². The third kappa shape index (κ3) is 2.94. The number of benzene rings is 2. The van der Waals surface area contributed by atoms with Crippen LogP contribution < -0.4 is 0 Å². The fourth-order valence-corrected chi connectivity index (χ4v) is 5.16. The number of aromatic nitrogens is 2. The number of amides is 4. The number of pyridine rings is 2. The minimum Gasteiger partial charge on any atom is -0.269 e. The molecule has 0 unspecified atom stereocenters. The molecule has 8 heteroatoms. The standard InChI is InChI=1S/C28H20N4O4/c1-15(17-5-3-11-29-13-17)31-25(33)19-7-9-21-24-22(10-8-20(23(19)24)26(31)34)28(36)32(27(21)35)16(2)18-6-4-12-30-14-18/h3-16H,1-2H3/t15-,16-/m0/s1. The van der Waals surface area contributed by atoms with E-state index in [-0.39, 0.29) is 22.3 Å². The Kier molecular flexibility index (Phi) is 4.79. The van der Waals surface area contributed by atoms with Crippen molar-refractivity contribution in [1.82, 2.24) is 19.8 Å². The predicted octanol–water partition coefficient (Wildman–Crippen LogP) is 4.34. The van der Waals surface area contributed by atoms with Gasteiger partial charge < -0.3 is 0 Å². The Labute approximate surface area is 206 Å². The maximum atomic E-state index is 13.6. The van der Waals surface area contributed by atoms with Gasteiger partial charge in [0.15, 0.2) is 0 Å². The Hall–Kier alpha value is -4.72. The van der Waals surface area contributed by atoms with Crippen molar-refractivity contribution in [3.8, 4) is 0 Å². The summed E-state index contributed by atoms with van der Waals surface area (Å²) >= 11 is 0. The van der Waals surface area contributed by atoms with Crippen molar-refractivity contribution in [1.29, 1.82) is 0 Å². The third-order valence-corrected chi connectivity index (χ3v) is 7.07. The number of imide groups is 2. The Bertz CT molecular complexity index is 1410. The second-order valence-electron chi connectivity index (χ2n) is 8.96. The summed E-state index contributed by atoms with van der Waals surface area (Å²) in [6.07, 6.45) is 6.49. The molecule has 4 aromatic rings. The predicted molar refractivity (Wildman–Crippen MR) is 130 cm³/mol. The Morgan fingerprint density at radius 3 is 1.17 bits per heavy atom. The number of carbonyl (C=O) groups is 4. The van der Waals surface area contributed by atoms with Gasteiger partial charge in [-0.2, -0.15) is 0 Å². The quantitative estimate of drug-likeness (QED) is 0.406. The van der Waals surface area contributed by atoms with Crippen LogP contribution in [0.2, 0.25) is 0 Å². The molecule has 2 atom stereocenters. The van der Waals surface area contributed by atoms with Crippen LogP contribution in [0.15, 0.2) is 73.3 Å². The van der Waals surface area contributed by atoms with Gasteiger partial charge in [0.1, 0.15) is 0 Å². The molecule has 0 saturated heterocycles. The summed E-state index contributed by atoms with van der Waals surface area (Å²) in [5, 5.41) is 0.704. The minimum atomic E-state index is -0.548. The van der Waals surface area contributed by atoms with Gasteiger partial charge in [0.25, 0.3) is 23.6 Å². The van der Waals surface area contributed by atoms with Crippen molar-refractivity contribution in [2.24, 2.45) is 0 Å². The number of rotatable bonds is 4. The molecular formula is C28H20N4O4. The topological polar surface area (TPSA) is 101 Å². The molecule has 2 aliphatic heterocycles. The van der Waals surface area contributed by atoms with E-state index in [0.29, 0.717) is 10.8 Å². The van der Waals surface area contributed by atoms with Crippen LogP contribution in [0.3, 0.4) is 0 Å². The zero-order chi connectivity index (χ0) is 25.1. The van der Waals surface area contributed by atoms with Crippen LogP contribution in [0.25, 0.3) is 10.8 Å². The molecule has 0 radical (unpaired) electrons. The number of hydrogen-bond donors (Lipinski definition) is 0. The molecule has 0 fully saturated rings. The lowest BCUT2D eigenvalue weighted by Crippen LogP contribution is -2.44. The van der Waals surface area contributed by atoms with Crippen LogP contribution in [-0.4, -0.2) is 43.4 Å². The van der Waals surface area contributed by atoms with Gasteiger partial charge in [0, 0.05) is 57.8 Å². The first-order valence-electron chi connectivity index (χ1n) is 11.6. The molecule has 176 valence electrons. The molecule has 4 amide bonds. The molecular weight excluding hydrogens is 456 g/mol. The average Bonchev–Trinajstić information content (AvgIpc) is 2.91. The van der Waals surface area contributed by atoms with Gasteiger partial charge in [-0.05, 0) is 61.4 Å². The number of nitrogens with zero attached hydrogens (tertiary/aromatic N) is 4. The van der Waals surface area contributed by atoms with E-state index in [0.717, 1.165) is 11.1 Å². The second-order valence-corrected chi connectivity index (χ2v) is 8.96. The zero-order valence-electron chi connectivity index (χ0n) is 19.5. The summed E-state index contributed by atoms with van der Waals surface area (Å²) < 4.78 is 0. The summed E-state index contributed by atoms with van der Waals surface area (Å²) in [6, 6.07) is 12.3. The maximum absolute atomic E-state index is 13.6. The first-order valence-corrected chi connectivity index (χ1v) is 11.6. The van der Waals surface area contributed by atoms with Crippen molar-refractivity contribution in [3.63, 3.8) is 0 Å². The van der Waals surface area contributed by atoms with Gasteiger partial charge in [-0.25, -0.2) is 0 Å². The molecule has 4 heterocycles. The van der Waals surface area contributed by atoms with E-state index >= 15 is 0 Å². The van der Waals surface area contributed by atoms with Crippen LogP contribution in [0.5, 0.6) is 0 Å². The summed E-state index contributed by atoms with van der Waals surface area (Å²) in [5.74, 6) is -1.89. The Balaban J connectivity index is 1.49. The highest BCUT2D eigenvalue weighted by atomic mass is 16.2.